The van der Waals surface area contributed by atoms with Crippen molar-refractivity contribution < 1.29 is 19.1 Å². The van der Waals surface area contributed by atoms with Gasteiger partial charge in [0.1, 0.15) is 11.5 Å². The van der Waals surface area contributed by atoms with Crippen molar-refractivity contribution in [2.75, 3.05) is 44.4 Å². The second kappa shape index (κ2) is 13.2. The number of amides is 1. The van der Waals surface area contributed by atoms with Crippen molar-refractivity contribution >= 4 is 28.9 Å². The van der Waals surface area contributed by atoms with Gasteiger partial charge < -0.3 is 14.4 Å². The van der Waals surface area contributed by atoms with Gasteiger partial charge in [0.05, 0.1) is 13.2 Å². The van der Waals surface area contributed by atoms with Crippen molar-refractivity contribution in [3.8, 4) is 0 Å². The highest BCUT2D eigenvalue weighted by Gasteiger charge is 2.49. The van der Waals surface area contributed by atoms with Crippen LogP contribution in [0, 0.1) is 11.8 Å². The lowest BCUT2D eigenvalue weighted by atomic mass is 10.0. The summed E-state index contributed by atoms with van der Waals surface area (Å²) in [6.07, 6.45) is 9.93. The molecule has 1 aromatic carbocycles. The molecule has 38 heavy (non-hydrogen) atoms. The standard InChI is InChI=1S/C31H42N2O4S/c1-2-3-4-5-6-23-7-9-25(10-8-23)33-28(12-14-30(33)34)27-22-24(27)21-26-11-13-29(38-26)31(35)37-20-17-32-15-18-36-19-16-32/h7-11,13,24,27-28H,2-6,12,14-22H2,1H3/t24?,27-,28?/m1/s1. The van der Waals surface area contributed by atoms with Gasteiger partial charge in [-0.15, -0.1) is 11.3 Å². The van der Waals surface area contributed by atoms with Crippen molar-refractivity contribution in [2.24, 2.45) is 11.8 Å². The monoisotopic (exact) mass is 538 g/mol. The van der Waals surface area contributed by atoms with E-state index in [0.717, 1.165) is 64.2 Å². The van der Waals surface area contributed by atoms with Gasteiger partial charge in [-0.25, -0.2) is 4.79 Å². The summed E-state index contributed by atoms with van der Waals surface area (Å²) in [5, 5.41) is 0. The highest BCUT2D eigenvalue weighted by Crippen LogP contribution is 2.49. The number of carbonyl (C=O) groups excluding carboxylic acids is 2. The summed E-state index contributed by atoms with van der Waals surface area (Å²) >= 11 is 1.56. The minimum Gasteiger partial charge on any atom is -0.460 e. The van der Waals surface area contributed by atoms with Crippen LogP contribution in [0.4, 0.5) is 5.69 Å². The highest BCUT2D eigenvalue weighted by atomic mass is 32.1. The van der Waals surface area contributed by atoms with E-state index in [1.807, 2.05) is 6.07 Å². The van der Waals surface area contributed by atoms with Gasteiger partial charge in [-0.2, -0.15) is 0 Å². The fraction of sp³-hybridized carbons (Fsp3) is 0.613. The van der Waals surface area contributed by atoms with Crippen molar-refractivity contribution in [1.29, 1.82) is 0 Å². The third-order valence-electron chi connectivity index (χ3n) is 8.33. The number of nitrogens with zero attached hydrogens (tertiary/aromatic N) is 2. The molecule has 1 aliphatic carbocycles. The first-order valence-electron chi connectivity index (χ1n) is 14.6. The SMILES string of the molecule is CCCCCCc1ccc(N2C(=O)CCC2[C@@H]2CC2Cc2ccc(C(=O)OCCN3CCOCC3)s2)cc1. The molecule has 3 heterocycles. The topological polar surface area (TPSA) is 59.1 Å². The molecule has 3 aliphatic rings. The average molecular weight is 539 g/mol. The van der Waals surface area contributed by atoms with E-state index >= 15 is 0 Å². The minimum atomic E-state index is -0.219. The first kappa shape index (κ1) is 27.4. The Morgan fingerprint density at radius 1 is 1.08 bits per heavy atom. The quantitative estimate of drug-likeness (QED) is 0.241. The summed E-state index contributed by atoms with van der Waals surface area (Å²) in [6, 6.07) is 13.0. The first-order chi connectivity index (χ1) is 18.6. The smallest absolute Gasteiger partial charge is 0.348 e. The van der Waals surface area contributed by atoms with E-state index in [-0.39, 0.29) is 11.9 Å². The number of hydrogen-bond donors (Lipinski definition) is 0. The molecule has 1 aromatic heterocycles. The number of carbonyl (C=O) groups is 2. The van der Waals surface area contributed by atoms with Crippen LogP contribution >= 0.6 is 11.3 Å². The summed E-state index contributed by atoms with van der Waals surface area (Å²) < 4.78 is 10.9. The Morgan fingerprint density at radius 3 is 2.68 bits per heavy atom. The molecule has 0 N–H and O–H groups in total. The summed E-state index contributed by atoms with van der Waals surface area (Å²) in [5.41, 5.74) is 2.42. The number of rotatable bonds is 13. The van der Waals surface area contributed by atoms with Crippen LogP contribution in [0.15, 0.2) is 36.4 Å². The first-order valence-corrected chi connectivity index (χ1v) is 15.4. The zero-order valence-corrected chi connectivity index (χ0v) is 23.6. The fourth-order valence-corrected chi connectivity index (χ4v) is 7.02. The van der Waals surface area contributed by atoms with Crippen LogP contribution in [0.2, 0.25) is 0 Å². The molecule has 3 fully saturated rings. The number of thiophene rings is 1. The summed E-state index contributed by atoms with van der Waals surface area (Å²) in [6.45, 7) is 6.73. The van der Waals surface area contributed by atoms with E-state index < -0.39 is 0 Å². The molecule has 3 atom stereocenters. The lowest BCUT2D eigenvalue weighted by molar-refractivity contribution is -0.117. The van der Waals surface area contributed by atoms with Crippen LogP contribution in [0.5, 0.6) is 0 Å². The number of unbranched alkanes of at least 4 members (excludes halogenated alkanes) is 3. The number of anilines is 1. The Morgan fingerprint density at radius 2 is 1.89 bits per heavy atom. The normalized spacial score (nSPS) is 23.7. The van der Waals surface area contributed by atoms with Crippen LogP contribution in [0.1, 0.15) is 72.0 Å². The third kappa shape index (κ3) is 7.04. The highest BCUT2D eigenvalue weighted by molar-refractivity contribution is 7.13. The molecule has 1 amide bonds. The van der Waals surface area contributed by atoms with E-state index in [2.05, 4.69) is 47.1 Å². The van der Waals surface area contributed by atoms with E-state index in [1.165, 1.54) is 36.1 Å². The van der Waals surface area contributed by atoms with Crippen LogP contribution < -0.4 is 4.90 Å². The number of ether oxygens (including phenoxy) is 2. The molecule has 0 bridgehead atoms. The third-order valence-corrected chi connectivity index (χ3v) is 9.42. The maximum Gasteiger partial charge on any atom is 0.348 e. The van der Waals surface area contributed by atoms with Crippen LogP contribution in [-0.2, 0) is 27.1 Å². The van der Waals surface area contributed by atoms with Crippen LogP contribution in [-0.4, -0.2) is 62.3 Å². The Hall–Kier alpha value is -2.22. The molecular weight excluding hydrogens is 496 g/mol. The maximum absolute atomic E-state index is 12.8. The maximum atomic E-state index is 12.8. The summed E-state index contributed by atoms with van der Waals surface area (Å²) in [4.78, 5) is 31.6. The molecule has 5 rings (SSSR count). The van der Waals surface area contributed by atoms with Crippen molar-refractivity contribution in [1.82, 2.24) is 4.90 Å². The average Bonchev–Trinajstić information content (AvgIpc) is 3.33. The molecule has 2 aromatic rings. The van der Waals surface area contributed by atoms with Crippen molar-refractivity contribution in [3.05, 3.63) is 51.7 Å². The molecule has 1 saturated carbocycles. The molecule has 2 saturated heterocycles. The molecule has 0 radical (unpaired) electrons. The van der Waals surface area contributed by atoms with Gasteiger partial charge in [0, 0.05) is 42.7 Å². The fourth-order valence-electron chi connectivity index (χ4n) is 6.02. The van der Waals surface area contributed by atoms with Gasteiger partial charge in [-0.1, -0.05) is 38.3 Å². The molecule has 7 heteroatoms. The lowest BCUT2D eigenvalue weighted by Gasteiger charge is -2.26. The summed E-state index contributed by atoms with van der Waals surface area (Å²) in [7, 11) is 0. The largest absolute Gasteiger partial charge is 0.460 e. The van der Waals surface area contributed by atoms with E-state index in [4.69, 9.17) is 9.47 Å². The molecule has 206 valence electrons. The lowest BCUT2D eigenvalue weighted by Crippen LogP contribution is -2.38. The van der Waals surface area contributed by atoms with Crippen molar-refractivity contribution in [3.63, 3.8) is 0 Å². The molecule has 6 nitrogen and oxygen atoms in total. The number of hydrogen-bond acceptors (Lipinski definition) is 6. The van der Waals surface area contributed by atoms with Gasteiger partial charge in [-0.05, 0) is 73.8 Å². The van der Waals surface area contributed by atoms with E-state index in [9.17, 15) is 9.59 Å². The van der Waals surface area contributed by atoms with Gasteiger partial charge in [0.25, 0.3) is 0 Å². The second-order valence-electron chi connectivity index (χ2n) is 11.1. The predicted octanol–water partition coefficient (Wildman–Crippen LogP) is 5.73. The van der Waals surface area contributed by atoms with Gasteiger partial charge >= 0.3 is 5.97 Å². The number of morpholine rings is 1. The van der Waals surface area contributed by atoms with Crippen LogP contribution in [0.25, 0.3) is 0 Å². The van der Waals surface area contributed by atoms with Gasteiger partial charge in [0.2, 0.25) is 5.91 Å². The number of aryl methyl sites for hydroxylation is 1. The number of esters is 1. The summed E-state index contributed by atoms with van der Waals surface area (Å²) in [5.74, 6) is 1.16. The molecule has 0 spiro atoms. The number of benzene rings is 1. The van der Waals surface area contributed by atoms with E-state index in [1.54, 1.807) is 11.3 Å². The predicted molar refractivity (Wildman–Crippen MR) is 152 cm³/mol. The van der Waals surface area contributed by atoms with E-state index in [0.29, 0.717) is 35.8 Å². The zero-order chi connectivity index (χ0) is 26.3. The Labute approximate surface area is 231 Å². The van der Waals surface area contributed by atoms with Gasteiger partial charge in [-0.3, -0.25) is 9.69 Å². The zero-order valence-electron chi connectivity index (χ0n) is 22.7. The molecule has 2 unspecified atom stereocenters. The molecule has 2 aliphatic heterocycles. The Kier molecular flexibility index (Phi) is 9.52. The minimum absolute atomic E-state index is 0.219. The van der Waals surface area contributed by atoms with Crippen LogP contribution in [0.3, 0.4) is 0 Å². The Balaban J connectivity index is 1.09. The Bertz CT molecular complexity index is 1060. The second-order valence-corrected chi connectivity index (χ2v) is 12.2. The molecular formula is C31H42N2O4S. The van der Waals surface area contributed by atoms with Crippen molar-refractivity contribution in [2.45, 2.75) is 70.8 Å². The van der Waals surface area contributed by atoms with Gasteiger partial charge in [0.15, 0.2) is 0 Å².